The fraction of sp³-hybridized carbons (Fsp3) is 0.286. The molecule has 3 rings (SSSR count). The van der Waals surface area contributed by atoms with Crippen molar-refractivity contribution in [1.29, 1.82) is 0 Å². The molecule has 2 atom stereocenters. The quantitative estimate of drug-likeness (QED) is 0.383. The minimum Gasteiger partial charge on any atom is -0.449 e. The summed E-state index contributed by atoms with van der Waals surface area (Å²) in [6.07, 6.45) is -1.08. The Balaban J connectivity index is 1.62. The Morgan fingerprint density at radius 3 is 2.06 bits per heavy atom. The smallest absolute Gasteiger partial charge is 0.340 e. The summed E-state index contributed by atoms with van der Waals surface area (Å²) in [6, 6.07) is 9.84. The highest BCUT2D eigenvalue weighted by molar-refractivity contribution is 8.00. The van der Waals surface area contributed by atoms with Gasteiger partial charge in [-0.1, -0.05) is 22.4 Å². The largest absolute Gasteiger partial charge is 0.449 e. The van der Waals surface area contributed by atoms with E-state index in [1.807, 2.05) is 0 Å². The number of carbonyl (C=O) groups is 3. The van der Waals surface area contributed by atoms with Crippen molar-refractivity contribution in [2.24, 2.45) is 0 Å². The Kier molecular flexibility index (Phi) is 7.31. The monoisotopic (exact) mass is 458 g/mol. The number of ether oxygens (including phenoxy) is 1. The highest BCUT2D eigenvalue weighted by atomic mass is 32.2. The van der Waals surface area contributed by atoms with Crippen LogP contribution in [0.2, 0.25) is 0 Å². The summed E-state index contributed by atoms with van der Waals surface area (Å²) < 4.78 is 15.1. The summed E-state index contributed by atoms with van der Waals surface area (Å²) in [7, 11) is 0. The highest BCUT2D eigenvalue weighted by Gasteiger charge is 2.24. The molecule has 10 nitrogen and oxygen atoms in total. The van der Waals surface area contributed by atoms with Crippen LogP contribution < -0.4 is 10.6 Å². The van der Waals surface area contributed by atoms with Crippen LogP contribution in [0.1, 0.15) is 35.7 Å². The number of nitrogens with one attached hydrogen (secondary N) is 2. The summed E-state index contributed by atoms with van der Waals surface area (Å²) in [5.74, 6) is 0.114. The van der Waals surface area contributed by atoms with E-state index >= 15 is 0 Å². The standard InChI is InChI=1S/C21H22N4O6S/c1-11-9-17(24-30-11)22-19(26)13(3)29-21(28)15-7-5-6-8-16(15)32-14(4)20(27)23-18-10-12(2)31-25-18/h5-10,13-14H,1-4H3,(H,22,24,26)(H,23,25,27)/t13-,14-/m1/s1. The number of carbonyl (C=O) groups excluding carboxylic acids is 3. The predicted octanol–water partition coefficient (Wildman–Crippen LogP) is 3.58. The molecule has 32 heavy (non-hydrogen) atoms. The fourth-order valence-electron chi connectivity index (χ4n) is 2.57. The van der Waals surface area contributed by atoms with E-state index in [-0.39, 0.29) is 17.3 Å². The Labute approximate surface area is 188 Å². The van der Waals surface area contributed by atoms with Gasteiger partial charge in [0.1, 0.15) is 11.5 Å². The normalized spacial score (nSPS) is 12.6. The van der Waals surface area contributed by atoms with Gasteiger partial charge in [-0.15, -0.1) is 11.8 Å². The Morgan fingerprint density at radius 1 is 0.938 bits per heavy atom. The van der Waals surface area contributed by atoms with Crippen LogP contribution in [0.5, 0.6) is 0 Å². The maximum absolute atomic E-state index is 12.7. The average molecular weight is 458 g/mol. The van der Waals surface area contributed by atoms with Crippen LogP contribution in [-0.4, -0.2) is 39.5 Å². The lowest BCUT2D eigenvalue weighted by Crippen LogP contribution is -2.30. The van der Waals surface area contributed by atoms with Crippen LogP contribution in [-0.2, 0) is 14.3 Å². The van der Waals surface area contributed by atoms with Crippen molar-refractivity contribution < 1.29 is 28.2 Å². The average Bonchev–Trinajstić information content (AvgIpc) is 3.35. The van der Waals surface area contributed by atoms with Gasteiger partial charge in [0, 0.05) is 17.0 Å². The van der Waals surface area contributed by atoms with Crippen molar-refractivity contribution in [1.82, 2.24) is 10.3 Å². The molecule has 0 saturated carbocycles. The summed E-state index contributed by atoms with van der Waals surface area (Å²) in [4.78, 5) is 38.0. The molecule has 1 aromatic carbocycles. The molecule has 0 aliphatic heterocycles. The third kappa shape index (κ3) is 5.97. The molecule has 0 aliphatic carbocycles. The molecule has 0 saturated heterocycles. The molecule has 2 aromatic heterocycles. The van der Waals surface area contributed by atoms with Crippen molar-refractivity contribution >= 4 is 41.2 Å². The molecule has 2 heterocycles. The summed E-state index contributed by atoms with van der Waals surface area (Å²) in [5.41, 5.74) is 0.242. The summed E-state index contributed by atoms with van der Waals surface area (Å²) in [5, 5.41) is 12.0. The van der Waals surface area contributed by atoms with Crippen LogP contribution in [0, 0.1) is 13.8 Å². The number of hydrogen-bond acceptors (Lipinski definition) is 9. The van der Waals surface area contributed by atoms with Gasteiger partial charge in [-0.05, 0) is 39.8 Å². The van der Waals surface area contributed by atoms with Gasteiger partial charge in [0.05, 0.1) is 10.8 Å². The fourth-order valence-corrected chi connectivity index (χ4v) is 3.55. The van der Waals surface area contributed by atoms with E-state index in [1.54, 1.807) is 57.2 Å². The SMILES string of the molecule is Cc1cc(NC(=O)[C@@H](C)OC(=O)c2ccccc2S[C@H](C)C(=O)Nc2cc(C)on2)no1. The zero-order chi connectivity index (χ0) is 23.3. The Morgan fingerprint density at radius 2 is 1.50 bits per heavy atom. The molecule has 2 N–H and O–H groups in total. The molecule has 11 heteroatoms. The lowest BCUT2D eigenvalue weighted by Gasteiger charge is -2.16. The number of amides is 2. The van der Waals surface area contributed by atoms with Crippen LogP contribution >= 0.6 is 11.8 Å². The molecule has 0 bridgehead atoms. The predicted molar refractivity (Wildman–Crippen MR) is 116 cm³/mol. The van der Waals surface area contributed by atoms with E-state index < -0.39 is 23.2 Å². The zero-order valence-electron chi connectivity index (χ0n) is 17.9. The molecular weight excluding hydrogens is 436 g/mol. The number of aryl methyl sites for hydroxylation is 2. The molecule has 0 fully saturated rings. The van der Waals surface area contributed by atoms with E-state index in [4.69, 9.17) is 13.8 Å². The van der Waals surface area contributed by atoms with Gasteiger partial charge in [0.25, 0.3) is 5.91 Å². The van der Waals surface area contributed by atoms with Gasteiger partial charge in [-0.2, -0.15) is 0 Å². The highest BCUT2D eigenvalue weighted by Crippen LogP contribution is 2.28. The Hall–Kier alpha value is -3.60. The van der Waals surface area contributed by atoms with Gasteiger partial charge in [-0.3, -0.25) is 9.59 Å². The maximum Gasteiger partial charge on any atom is 0.340 e. The Bertz CT molecular complexity index is 1120. The van der Waals surface area contributed by atoms with Crippen molar-refractivity contribution in [2.45, 2.75) is 43.9 Å². The number of hydrogen-bond donors (Lipinski definition) is 2. The van der Waals surface area contributed by atoms with Crippen LogP contribution in [0.4, 0.5) is 11.6 Å². The van der Waals surface area contributed by atoms with E-state index in [9.17, 15) is 14.4 Å². The number of aromatic nitrogens is 2. The zero-order valence-corrected chi connectivity index (χ0v) is 18.7. The van der Waals surface area contributed by atoms with Gasteiger partial charge >= 0.3 is 5.97 Å². The molecule has 0 aliphatic rings. The minimum atomic E-state index is -1.08. The first-order valence-corrected chi connectivity index (χ1v) is 10.6. The van der Waals surface area contributed by atoms with Crippen molar-refractivity contribution in [3.8, 4) is 0 Å². The second-order valence-corrected chi connectivity index (χ2v) is 8.31. The molecule has 3 aromatic rings. The molecule has 0 spiro atoms. The molecule has 0 unspecified atom stereocenters. The first-order valence-electron chi connectivity index (χ1n) is 9.68. The minimum absolute atomic E-state index is 0.230. The van der Waals surface area contributed by atoms with Crippen molar-refractivity contribution in [3.05, 3.63) is 53.5 Å². The second-order valence-electron chi connectivity index (χ2n) is 6.93. The van der Waals surface area contributed by atoms with Crippen LogP contribution in [0.3, 0.4) is 0 Å². The number of nitrogens with zero attached hydrogens (tertiary/aromatic N) is 2. The third-order valence-electron chi connectivity index (χ3n) is 4.19. The van der Waals surface area contributed by atoms with E-state index in [0.29, 0.717) is 22.2 Å². The van der Waals surface area contributed by atoms with Gasteiger partial charge in [0.15, 0.2) is 17.7 Å². The number of esters is 1. The van der Waals surface area contributed by atoms with Gasteiger partial charge in [-0.25, -0.2) is 4.79 Å². The van der Waals surface area contributed by atoms with Crippen molar-refractivity contribution in [3.63, 3.8) is 0 Å². The van der Waals surface area contributed by atoms with Gasteiger partial charge in [0.2, 0.25) is 5.91 Å². The number of benzene rings is 1. The third-order valence-corrected chi connectivity index (χ3v) is 5.37. The van der Waals surface area contributed by atoms with E-state index in [0.717, 1.165) is 0 Å². The number of rotatable bonds is 8. The molecule has 168 valence electrons. The maximum atomic E-state index is 12.7. The number of thioether (sulfide) groups is 1. The molecule has 0 radical (unpaired) electrons. The van der Waals surface area contributed by atoms with E-state index in [2.05, 4.69) is 20.9 Å². The lowest BCUT2D eigenvalue weighted by molar-refractivity contribution is -0.123. The van der Waals surface area contributed by atoms with Crippen LogP contribution in [0.15, 0.2) is 50.3 Å². The summed E-state index contributed by atoms with van der Waals surface area (Å²) >= 11 is 1.18. The topological polar surface area (TPSA) is 137 Å². The summed E-state index contributed by atoms with van der Waals surface area (Å²) in [6.45, 7) is 6.56. The van der Waals surface area contributed by atoms with Gasteiger partial charge < -0.3 is 24.4 Å². The van der Waals surface area contributed by atoms with Crippen molar-refractivity contribution in [2.75, 3.05) is 10.6 Å². The molecular formula is C21H22N4O6S. The second kappa shape index (κ2) is 10.1. The molecule has 2 amide bonds. The lowest BCUT2D eigenvalue weighted by atomic mass is 10.2. The first kappa shape index (κ1) is 23.1. The van der Waals surface area contributed by atoms with E-state index in [1.165, 1.54) is 18.7 Å². The number of anilines is 2. The van der Waals surface area contributed by atoms with Crippen LogP contribution in [0.25, 0.3) is 0 Å². The first-order chi connectivity index (χ1) is 15.2.